The number of carbonyl (C=O) groups excluding carboxylic acids is 1. The van der Waals surface area contributed by atoms with Crippen molar-refractivity contribution in [1.29, 1.82) is 0 Å². The number of carbonyl (C=O) groups is 1. The summed E-state index contributed by atoms with van der Waals surface area (Å²) in [6.45, 7) is 9.32. The minimum Gasteiger partial charge on any atom is -0.466 e. The Hall–Kier alpha value is -2.28. The molecule has 1 atom stereocenters. The van der Waals surface area contributed by atoms with Crippen molar-refractivity contribution in [2.24, 2.45) is 0 Å². The summed E-state index contributed by atoms with van der Waals surface area (Å²) in [5, 5.41) is 20.1. The van der Waals surface area contributed by atoms with Crippen LogP contribution < -0.4 is 10.6 Å². The molecule has 7 heteroatoms. The van der Waals surface area contributed by atoms with Crippen LogP contribution in [0, 0.1) is 13.8 Å². The lowest BCUT2D eigenvalue weighted by atomic mass is 9.96. The molecule has 2 heterocycles. The Bertz CT molecular complexity index is 685. The van der Waals surface area contributed by atoms with Gasteiger partial charge in [-0.2, -0.15) is 5.10 Å². The highest BCUT2D eigenvalue weighted by molar-refractivity contribution is 5.88. The van der Waals surface area contributed by atoms with Gasteiger partial charge in [-0.25, -0.2) is 4.79 Å². The zero-order valence-corrected chi connectivity index (χ0v) is 14.2. The van der Waals surface area contributed by atoms with Crippen molar-refractivity contribution in [3.8, 4) is 0 Å². The van der Waals surface area contributed by atoms with E-state index in [2.05, 4.69) is 15.7 Å². The van der Waals surface area contributed by atoms with Gasteiger partial charge in [0, 0.05) is 17.8 Å². The summed E-state index contributed by atoms with van der Waals surface area (Å²) in [5.74, 6) is 1.37. The highest BCUT2D eigenvalue weighted by atomic mass is 16.3. The van der Waals surface area contributed by atoms with Crippen molar-refractivity contribution in [2.75, 3.05) is 11.9 Å². The monoisotopic (exact) mass is 320 g/mol. The summed E-state index contributed by atoms with van der Waals surface area (Å²) in [6.07, 6.45) is 3.34. The molecule has 0 aliphatic carbocycles. The van der Waals surface area contributed by atoms with Crippen LogP contribution in [0.1, 0.15) is 43.9 Å². The Morgan fingerprint density at radius 3 is 2.70 bits per heavy atom. The number of urea groups is 1. The largest absolute Gasteiger partial charge is 0.466 e. The number of hydrogen-bond donors (Lipinski definition) is 3. The van der Waals surface area contributed by atoms with Gasteiger partial charge in [0.2, 0.25) is 0 Å². The molecule has 2 aromatic heterocycles. The molecule has 7 nitrogen and oxygen atoms in total. The van der Waals surface area contributed by atoms with Crippen molar-refractivity contribution in [1.82, 2.24) is 15.1 Å². The third kappa shape index (κ3) is 4.13. The second-order valence-electron chi connectivity index (χ2n) is 6.21. The molecular weight excluding hydrogens is 296 g/mol. The average molecular weight is 320 g/mol. The summed E-state index contributed by atoms with van der Waals surface area (Å²) >= 11 is 0. The van der Waals surface area contributed by atoms with Crippen LogP contribution in [0.2, 0.25) is 0 Å². The van der Waals surface area contributed by atoms with Crippen molar-refractivity contribution in [3.63, 3.8) is 0 Å². The van der Waals surface area contributed by atoms with Crippen LogP contribution in [-0.2, 0) is 5.60 Å². The molecule has 0 unspecified atom stereocenters. The molecule has 0 spiro atoms. The SMILES string of the molecule is Cc1cc([C@](C)(O)CNC(=O)Nc2cnn(C(C)C)c2)c(C)o1. The summed E-state index contributed by atoms with van der Waals surface area (Å²) in [7, 11) is 0. The van der Waals surface area contributed by atoms with Gasteiger partial charge in [-0.15, -0.1) is 0 Å². The predicted octanol–water partition coefficient (Wildman–Crippen LogP) is 2.70. The topological polar surface area (TPSA) is 92.3 Å². The van der Waals surface area contributed by atoms with Gasteiger partial charge in [-0.05, 0) is 40.7 Å². The van der Waals surface area contributed by atoms with Gasteiger partial charge in [0.1, 0.15) is 17.1 Å². The van der Waals surface area contributed by atoms with Crippen LogP contribution in [0.25, 0.3) is 0 Å². The molecule has 0 bridgehead atoms. The Morgan fingerprint density at radius 1 is 1.48 bits per heavy atom. The first-order valence-electron chi connectivity index (χ1n) is 7.58. The maximum Gasteiger partial charge on any atom is 0.319 e. The van der Waals surface area contributed by atoms with Crippen LogP contribution in [-0.4, -0.2) is 27.5 Å². The number of amides is 2. The van der Waals surface area contributed by atoms with Gasteiger partial charge in [0.15, 0.2) is 0 Å². The third-order valence-corrected chi connectivity index (χ3v) is 3.60. The fourth-order valence-electron chi connectivity index (χ4n) is 2.37. The molecule has 126 valence electrons. The normalized spacial score (nSPS) is 13.9. The molecule has 2 rings (SSSR count). The second-order valence-corrected chi connectivity index (χ2v) is 6.21. The number of anilines is 1. The van der Waals surface area contributed by atoms with E-state index >= 15 is 0 Å². The van der Waals surface area contributed by atoms with Gasteiger partial charge in [-0.3, -0.25) is 4.68 Å². The van der Waals surface area contributed by atoms with Gasteiger partial charge in [0.25, 0.3) is 0 Å². The number of aliphatic hydroxyl groups is 1. The number of aryl methyl sites for hydroxylation is 2. The molecule has 0 aromatic carbocycles. The van der Waals surface area contributed by atoms with Crippen LogP contribution in [0.3, 0.4) is 0 Å². The second kappa shape index (κ2) is 6.45. The molecule has 0 radical (unpaired) electrons. The van der Waals surface area contributed by atoms with Crippen LogP contribution >= 0.6 is 0 Å². The number of hydrogen-bond acceptors (Lipinski definition) is 4. The highest BCUT2D eigenvalue weighted by Gasteiger charge is 2.28. The van der Waals surface area contributed by atoms with Crippen LogP contribution in [0.15, 0.2) is 22.9 Å². The zero-order valence-electron chi connectivity index (χ0n) is 14.2. The van der Waals surface area contributed by atoms with Gasteiger partial charge in [-0.1, -0.05) is 0 Å². The number of aromatic nitrogens is 2. The van der Waals surface area contributed by atoms with E-state index in [0.717, 1.165) is 5.76 Å². The molecule has 0 saturated carbocycles. The van der Waals surface area contributed by atoms with E-state index < -0.39 is 11.6 Å². The first-order valence-corrected chi connectivity index (χ1v) is 7.58. The molecule has 3 N–H and O–H groups in total. The summed E-state index contributed by atoms with van der Waals surface area (Å²) in [6, 6.07) is 1.61. The summed E-state index contributed by atoms with van der Waals surface area (Å²) in [5.41, 5.74) is 0.0653. The fourth-order valence-corrected chi connectivity index (χ4v) is 2.37. The number of furan rings is 1. The van der Waals surface area contributed by atoms with E-state index in [9.17, 15) is 9.90 Å². The Balaban J connectivity index is 1.94. The minimum absolute atomic E-state index is 0.0664. The van der Waals surface area contributed by atoms with Gasteiger partial charge in [0.05, 0.1) is 18.4 Å². The van der Waals surface area contributed by atoms with E-state index in [4.69, 9.17) is 4.42 Å². The zero-order chi connectivity index (χ0) is 17.2. The van der Waals surface area contributed by atoms with E-state index in [1.807, 2.05) is 20.8 Å². The molecule has 0 fully saturated rings. The van der Waals surface area contributed by atoms with Crippen molar-refractivity contribution in [2.45, 2.75) is 46.3 Å². The average Bonchev–Trinajstić information content (AvgIpc) is 3.03. The molecule has 0 aliphatic heterocycles. The fraction of sp³-hybridized carbons (Fsp3) is 0.500. The maximum absolute atomic E-state index is 12.0. The molecule has 23 heavy (non-hydrogen) atoms. The number of nitrogens with zero attached hydrogens (tertiary/aromatic N) is 2. The van der Waals surface area contributed by atoms with Crippen molar-refractivity contribution in [3.05, 3.63) is 35.5 Å². The minimum atomic E-state index is -1.21. The lowest BCUT2D eigenvalue weighted by molar-refractivity contribution is 0.0584. The molecule has 2 aromatic rings. The highest BCUT2D eigenvalue weighted by Crippen LogP contribution is 2.26. The standard InChI is InChI=1S/C16H24N4O3/c1-10(2)20-8-13(7-18-20)19-15(21)17-9-16(5,22)14-6-11(3)23-12(14)4/h6-8,10,22H,9H2,1-5H3,(H2,17,19,21)/t16-/m1/s1. The van der Waals surface area contributed by atoms with E-state index in [-0.39, 0.29) is 12.6 Å². The Labute approximate surface area is 135 Å². The van der Waals surface area contributed by atoms with Crippen LogP contribution in [0.4, 0.5) is 10.5 Å². The molecular formula is C16H24N4O3. The maximum atomic E-state index is 12.0. The quantitative estimate of drug-likeness (QED) is 0.790. The lowest BCUT2D eigenvalue weighted by Crippen LogP contribution is -2.40. The van der Waals surface area contributed by atoms with Crippen molar-refractivity contribution >= 4 is 11.7 Å². The van der Waals surface area contributed by atoms with Crippen molar-refractivity contribution < 1.29 is 14.3 Å². The van der Waals surface area contributed by atoms with E-state index in [1.165, 1.54) is 0 Å². The smallest absolute Gasteiger partial charge is 0.319 e. The van der Waals surface area contributed by atoms with E-state index in [0.29, 0.717) is 17.0 Å². The van der Waals surface area contributed by atoms with E-state index in [1.54, 1.807) is 37.0 Å². The Kier molecular flexibility index (Phi) is 4.79. The first kappa shape index (κ1) is 17.1. The summed E-state index contributed by atoms with van der Waals surface area (Å²) < 4.78 is 7.18. The molecule has 2 amide bonds. The molecule has 0 saturated heterocycles. The van der Waals surface area contributed by atoms with Gasteiger partial charge >= 0.3 is 6.03 Å². The van der Waals surface area contributed by atoms with Crippen LogP contribution in [0.5, 0.6) is 0 Å². The predicted molar refractivity (Wildman–Crippen MR) is 87.4 cm³/mol. The molecule has 0 aliphatic rings. The Morgan fingerprint density at radius 2 is 2.17 bits per heavy atom. The number of rotatable bonds is 5. The third-order valence-electron chi connectivity index (χ3n) is 3.60. The number of nitrogens with one attached hydrogen (secondary N) is 2. The van der Waals surface area contributed by atoms with Gasteiger partial charge < -0.3 is 20.2 Å². The first-order chi connectivity index (χ1) is 10.7. The lowest BCUT2D eigenvalue weighted by Gasteiger charge is -2.23. The summed E-state index contributed by atoms with van der Waals surface area (Å²) in [4.78, 5) is 12.0.